The Morgan fingerprint density at radius 3 is 2.21 bits per heavy atom. The van der Waals surface area contributed by atoms with Gasteiger partial charge in [0.25, 0.3) is 0 Å². The van der Waals surface area contributed by atoms with Gasteiger partial charge in [0.15, 0.2) is 0 Å². The largest absolute Gasteiger partial charge is 0.455 e. The molecule has 2 heterocycles. The minimum absolute atomic E-state index is 0.0259. The van der Waals surface area contributed by atoms with Gasteiger partial charge in [0.1, 0.15) is 6.10 Å². The minimum atomic E-state index is -0.655. The van der Waals surface area contributed by atoms with Crippen molar-refractivity contribution in [3.63, 3.8) is 0 Å². The number of aliphatic hydroxyl groups excluding tert-OH is 1. The molecule has 0 aromatic heterocycles. The molecule has 0 unspecified atom stereocenters. The number of hydrogen-bond acceptors (Lipinski definition) is 5. The van der Waals surface area contributed by atoms with E-state index in [2.05, 4.69) is 5.32 Å². The Bertz CT molecular complexity index is 1390. The second-order valence-electron chi connectivity index (χ2n) is 11.1. The van der Waals surface area contributed by atoms with Gasteiger partial charge in [0.2, 0.25) is 11.8 Å². The summed E-state index contributed by atoms with van der Waals surface area (Å²) in [5.41, 5.74) is 4.05. The summed E-state index contributed by atoms with van der Waals surface area (Å²) in [6.07, 6.45) is 5.15. The van der Waals surface area contributed by atoms with Gasteiger partial charge in [-0.2, -0.15) is 0 Å². The monoisotopic (exact) mass is 566 g/mol. The number of ether oxygens (including phenoxy) is 1. The molecule has 3 aromatic carbocycles. The molecule has 2 N–H and O–H groups in total. The zero-order valence-electron chi connectivity index (χ0n) is 23.7. The number of aliphatic hydroxyl groups is 1. The van der Waals surface area contributed by atoms with Gasteiger partial charge < -0.3 is 20.1 Å². The maximum absolute atomic E-state index is 13.6. The van der Waals surface area contributed by atoms with E-state index < -0.39 is 12.0 Å². The van der Waals surface area contributed by atoms with Gasteiger partial charge >= 0.3 is 5.97 Å². The van der Waals surface area contributed by atoms with E-state index >= 15 is 0 Å². The maximum atomic E-state index is 13.6. The average molecular weight is 567 g/mol. The first-order chi connectivity index (χ1) is 20.5. The molecule has 5 rings (SSSR count). The van der Waals surface area contributed by atoms with E-state index in [1.165, 1.54) is 0 Å². The number of fused-ring (bicyclic) bond motifs is 1. The molecule has 0 saturated carbocycles. The molecule has 218 valence electrons. The molecule has 7 nitrogen and oxygen atoms in total. The van der Waals surface area contributed by atoms with E-state index in [0.29, 0.717) is 32.2 Å². The van der Waals surface area contributed by atoms with Crippen LogP contribution in [0.15, 0.2) is 97.1 Å². The Morgan fingerprint density at radius 2 is 1.50 bits per heavy atom. The van der Waals surface area contributed by atoms with Crippen molar-refractivity contribution in [3.05, 3.63) is 119 Å². The lowest BCUT2D eigenvalue weighted by molar-refractivity contribution is -0.155. The number of nitrogens with zero attached hydrogens (tertiary/aromatic N) is 1. The van der Waals surface area contributed by atoms with Gasteiger partial charge in [-0.15, -0.1) is 0 Å². The number of carbonyl (C=O) groups is 3. The molecule has 2 aliphatic heterocycles. The topological polar surface area (TPSA) is 95.9 Å². The van der Waals surface area contributed by atoms with Crippen molar-refractivity contribution in [1.29, 1.82) is 0 Å². The fourth-order valence-corrected chi connectivity index (χ4v) is 5.81. The van der Waals surface area contributed by atoms with Crippen molar-refractivity contribution in [2.75, 3.05) is 13.2 Å². The number of esters is 1. The van der Waals surface area contributed by atoms with Crippen LogP contribution in [0.25, 0.3) is 0 Å². The van der Waals surface area contributed by atoms with Crippen LogP contribution in [0.4, 0.5) is 0 Å². The van der Waals surface area contributed by atoms with Crippen molar-refractivity contribution >= 4 is 17.8 Å². The highest BCUT2D eigenvalue weighted by Gasteiger charge is 2.33. The summed E-state index contributed by atoms with van der Waals surface area (Å²) in [4.78, 5) is 42.1. The zero-order chi connectivity index (χ0) is 29.3. The van der Waals surface area contributed by atoms with Crippen LogP contribution >= 0.6 is 0 Å². The third kappa shape index (κ3) is 7.34. The Balaban J connectivity index is 1.35. The summed E-state index contributed by atoms with van der Waals surface area (Å²) in [7, 11) is 0. The fourth-order valence-electron chi connectivity index (χ4n) is 5.81. The molecule has 0 radical (unpaired) electrons. The highest BCUT2D eigenvalue weighted by molar-refractivity contribution is 5.86. The van der Waals surface area contributed by atoms with Crippen LogP contribution < -0.4 is 5.32 Å². The number of rotatable bonds is 6. The van der Waals surface area contributed by atoms with Crippen molar-refractivity contribution in [2.45, 2.75) is 50.8 Å². The number of allylic oxidation sites excluding steroid dienone is 2. The maximum Gasteiger partial charge on any atom is 0.310 e. The quantitative estimate of drug-likeness (QED) is 0.337. The fraction of sp³-hybridized carbons (Fsp3) is 0.343. The lowest BCUT2D eigenvalue weighted by atomic mass is 9.92. The van der Waals surface area contributed by atoms with E-state index in [1.807, 2.05) is 97.1 Å². The summed E-state index contributed by atoms with van der Waals surface area (Å²) in [6.45, 7) is 0.388. The molecule has 0 saturated heterocycles. The molecule has 0 spiro atoms. The predicted molar refractivity (Wildman–Crippen MR) is 160 cm³/mol. The Morgan fingerprint density at radius 1 is 0.857 bits per heavy atom. The molecule has 42 heavy (non-hydrogen) atoms. The number of hydrogen-bond donors (Lipinski definition) is 2. The van der Waals surface area contributed by atoms with Crippen molar-refractivity contribution < 1.29 is 24.2 Å². The Hall–Kier alpha value is -4.23. The minimum Gasteiger partial charge on any atom is -0.455 e. The lowest BCUT2D eigenvalue weighted by Crippen LogP contribution is -2.47. The first-order valence-electron chi connectivity index (χ1n) is 14.7. The van der Waals surface area contributed by atoms with Crippen molar-refractivity contribution in [1.82, 2.24) is 10.2 Å². The smallest absolute Gasteiger partial charge is 0.310 e. The van der Waals surface area contributed by atoms with E-state index in [4.69, 9.17) is 4.74 Å². The summed E-state index contributed by atoms with van der Waals surface area (Å²) >= 11 is 0. The van der Waals surface area contributed by atoms with Crippen LogP contribution in [0, 0.1) is 11.8 Å². The van der Waals surface area contributed by atoms with Crippen molar-refractivity contribution in [3.8, 4) is 0 Å². The molecule has 0 bridgehead atoms. The Kier molecular flexibility index (Phi) is 9.82. The molecule has 4 atom stereocenters. The number of benzene rings is 3. The summed E-state index contributed by atoms with van der Waals surface area (Å²) in [6, 6.07) is 26.9. The SMILES string of the molecule is O=C1NC[C@H](c2ccccc2)OC(=O)[C@H](Cc2ccccc2)CC=CC[C@@H]1CC(=O)N1Cc2ccccc2C[C@H]1CO. The molecule has 3 aromatic rings. The van der Waals surface area contributed by atoms with E-state index in [9.17, 15) is 19.5 Å². The van der Waals surface area contributed by atoms with Crippen LogP contribution in [-0.4, -0.2) is 47.0 Å². The number of nitrogens with one attached hydrogen (secondary N) is 1. The van der Waals surface area contributed by atoms with Crippen LogP contribution in [0.5, 0.6) is 0 Å². The normalized spacial score (nSPS) is 23.1. The van der Waals surface area contributed by atoms with E-state index in [1.54, 1.807) is 4.90 Å². The summed E-state index contributed by atoms with van der Waals surface area (Å²) < 4.78 is 6.03. The highest BCUT2D eigenvalue weighted by atomic mass is 16.5. The van der Waals surface area contributed by atoms with Crippen molar-refractivity contribution in [2.24, 2.45) is 11.8 Å². The lowest BCUT2D eigenvalue weighted by Gasteiger charge is -2.36. The van der Waals surface area contributed by atoms with E-state index in [-0.39, 0.29) is 49.3 Å². The standard InChI is InChI=1S/C35H38N2O5/c38-24-31-20-27-15-7-10-18-30(27)23-37(31)33(39)21-28-16-8-9-17-29(19-25-11-3-1-4-12-25)35(41)42-32(22-36-34(28)40)26-13-5-2-6-14-26/h1-15,18,28-29,31-32,38H,16-17,19-24H2,(H,36,40)/t28-,29+,31+,32-/m1/s1. The summed E-state index contributed by atoms with van der Waals surface area (Å²) in [5.74, 6) is -1.70. The molecule has 0 fully saturated rings. The Labute approximate surface area is 247 Å². The number of cyclic esters (lactones) is 1. The molecular weight excluding hydrogens is 528 g/mol. The van der Waals surface area contributed by atoms with Crippen LogP contribution in [-0.2, 0) is 38.5 Å². The number of carbonyl (C=O) groups excluding carboxylic acids is 3. The zero-order valence-corrected chi connectivity index (χ0v) is 23.7. The molecule has 0 aliphatic carbocycles. The van der Waals surface area contributed by atoms with Gasteiger partial charge in [-0.1, -0.05) is 97.1 Å². The second kappa shape index (κ2) is 14.1. The molecule has 7 heteroatoms. The first-order valence-corrected chi connectivity index (χ1v) is 14.7. The first kappa shape index (κ1) is 29.3. The average Bonchev–Trinajstić information content (AvgIpc) is 3.03. The van der Waals surface area contributed by atoms with Crippen LogP contribution in [0.2, 0.25) is 0 Å². The van der Waals surface area contributed by atoms with Crippen LogP contribution in [0.1, 0.15) is 47.6 Å². The number of amides is 2. The third-order valence-electron chi connectivity index (χ3n) is 8.24. The van der Waals surface area contributed by atoms with Gasteiger partial charge in [-0.25, -0.2) is 0 Å². The molecule has 2 aliphatic rings. The molecular formula is C35H38N2O5. The van der Waals surface area contributed by atoms with Gasteiger partial charge in [0.05, 0.1) is 31.0 Å². The highest BCUT2D eigenvalue weighted by Crippen LogP contribution is 2.27. The third-order valence-corrected chi connectivity index (χ3v) is 8.24. The predicted octanol–water partition coefficient (Wildman–Crippen LogP) is 4.55. The second-order valence-corrected chi connectivity index (χ2v) is 11.1. The van der Waals surface area contributed by atoms with Gasteiger partial charge in [-0.3, -0.25) is 14.4 Å². The van der Waals surface area contributed by atoms with Crippen LogP contribution in [0.3, 0.4) is 0 Å². The molecule has 2 amide bonds. The van der Waals surface area contributed by atoms with E-state index in [0.717, 1.165) is 22.3 Å². The van der Waals surface area contributed by atoms with Gasteiger partial charge in [-0.05, 0) is 47.9 Å². The van der Waals surface area contributed by atoms with Gasteiger partial charge in [0, 0.05) is 13.0 Å². The summed E-state index contributed by atoms with van der Waals surface area (Å²) in [5, 5.41) is 13.0.